The number of nitrogens with zero attached hydrogens (tertiary/aromatic N) is 1. The molecule has 0 aromatic heterocycles. The SMILES string of the molecule is CC1=C(F)CC(C#N)C=C1. The summed E-state index contributed by atoms with van der Waals surface area (Å²) in [6.45, 7) is 1.71. The van der Waals surface area contributed by atoms with Crippen molar-refractivity contribution in [3.63, 3.8) is 0 Å². The highest BCUT2D eigenvalue weighted by atomic mass is 19.1. The Morgan fingerprint density at radius 2 is 2.50 bits per heavy atom. The molecule has 1 nitrogen and oxygen atoms in total. The van der Waals surface area contributed by atoms with Crippen LogP contribution in [0, 0.1) is 17.2 Å². The van der Waals surface area contributed by atoms with Crippen molar-refractivity contribution in [3.8, 4) is 6.07 Å². The van der Waals surface area contributed by atoms with Crippen LogP contribution in [0.5, 0.6) is 0 Å². The fourth-order valence-electron chi connectivity index (χ4n) is 0.862. The lowest BCUT2D eigenvalue weighted by Crippen LogP contribution is -1.98. The van der Waals surface area contributed by atoms with Gasteiger partial charge >= 0.3 is 0 Å². The Balaban J connectivity index is 2.76. The van der Waals surface area contributed by atoms with Gasteiger partial charge in [0.2, 0.25) is 0 Å². The molecule has 0 aromatic carbocycles. The van der Waals surface area contributed by atoms with E-state index >= 15 is 0 Å². The standard InChI is InChI=1S/C8H8FN/c1-6-2-3-7(5-10)4-8(6)9/h2-3,7H,4H2,1H3. The lowest BCUT2D eigenvalue weighted by Gasteiger charge is -2.08. The minimum Gasteiger partial charge on any atom is -0.211 e. The maximum absolute atomic E-state index is 12.7. The second-order valence-electron chi connectivity index (χ2n) is 2.39. The highest BCUT2D eigenvalue weighted by molar-refractivity contribution is 5.27. The van der Waals surface area contributed by atoms with Crippen LogP contribution in [0.3, 0.4) is 0 Å². The molecule has 10 heavy (non-hydrogen) atoms. The fraction of sp³-hybridized carbons (Fsp3) is 0.375. The van der Waals surface area contributed by atoms with E-state index in [0.717, 1.165) is 0 Å². The summed E-state index contributed by atoms with van der Waals surface area (Å²) in [5.74, 6) is -0.419. The van der Waals surface area contributed by atoms with Gasteiger partial charge in [0.25, 0.3) is 0 Å². The van der Waals surface area contributed by atoms with E-state index in [4.69, 9.17) is 5.26 Å². The van der Waals surface area contributed by atoms with Crippen molar-refractivity contribution >= 4 is 0 Å². The summed E-state index contributed by atoms with van der Waals surface area (Å²) in [6, 6.07) is 1.99. The van der Waals surface area contributed by atoms with Gasteiger partial charge in [0, 0.05) is 6.42 Å². The molecule has 0 aromatic rings. The molecule has 1 rings (SSSR count). The Labute approximate surface area is 59.5 Å². The molecule has 0 N–H and O–H groups in total. The molecule has 0 saturated carbocycles. The molecule has 0 amide bonds. The van der Waals surface area contributed by atoms with Gasteiger partial charge in [0.15, 0.2) is 0 Å². The Kier molecular flexibility index (Phi) is 1.86. The molecule has 0 radical (unpaired) electrons. The first-order valence-electron chi connectivity index (χ1n) is 3.17. The maximum Gasteiger partial charge on any atom is 0.104 e. The monoisotopic (exact) mass is 137 g/mol. The van der Waals surface area contributed by atoms with Crippen molar-refractivity contribution < 1.29 is 4.39 Å². The number of rotatable bonds is 0. The van der Waals surface area contributed by atoms with Crippen LogP contribution >= 0.6 is 0 Å². The third-order valence-corrected chi connectivity index (χ3v) is 1.57. The first kappa shape index (κ1) is 7.01. The van der Waals surface area contributed by atoms with Crippen LogP contribution < -0.4 is 0 Å². The summed E-state index contributed by atoms with van der Waals surface area (Å²) in [5, 5.41) is 8.40. The average molecular weight is 137 g/mol. The van der Waals surface area contributed by atoms with Crippen LogP contribution in [0.1, 0.15) is 13.3 Å². The van der Waals surface area contributed by atoms with Crippen LogP contribution in [-0.2, 0) is 0 Å². The van der Waals surface area contributed by atoms with Crippen LogP contribution in [0.2, 0.25) is 0 Å². The second kappa shape index (κ2) is 2.66. The fourth-order valence-corrected chi connectivity index (χ4v) is 0.862. The Morgan fingerprint density at radius 3 is 3.00 bits per heavy atom. The number of nitriles is 1. The van der Waals surface area contributed by atoms with Crippen LogP contribution in [0.15, 0.2) is 23.6 Å². The third-order valence-electron chi connectivity index (χ3n) is 1.57. The molecule has 0 bridgehead atoms. The third kappa shape index (κ3) is 1.24. The van der Waals surface area contributed by atoms with Crippen LogP contribution in [0.4, 0.5) is 4.39 Å². The predicted octanol–water partition coefficient (Wildman–Crippen LogP) is 2.33. The van der Waals surface area contributed by atoms with Gasteiger partial charge in [-0.2, -0.15) is 5.26 Å². The number of allylic oxidation sites excluding steroid dienone is 4. The summed E-state index contributed by atoms with van der Waals surface area (Å²) in [4.78, 5) is 0. The topological polar surface area (TPSA) is 23.8 Å². The maximum atomic E-state index is 12.7. The molecule has 1 aliphatic rings. The van der Waals surface area contributed by atoms with E-state index in [1.54, 1.807) is 19.1 Å². The zero-order valence-electron chi connectivity index (χ0n) is 5.76. The minimum atomic E-state index is -0.260. The van der Waals surface area contributed by atoms with Crippen LogP contribution in [0.25, 0.3) is 0 Å². The summed E-state index contributed by atoms with van der Waals surface area (Å²) >= 11 is 0. The quantitative estimate of drug-likeness (QED) is 0.502. The first-order chi connectivity index (χ1) is 4.74. The molecule has 52 valence electrons. The molecule has 0 heterocycles. The number of halogens is 1. The molecule has 0 aliphatic heterocycles. The zero-order valence-corrected chi connectivity index (χ0v) is 5.76. The summed E-state index contributed by atoms with van der Waals surface area (Å²) in [5.41, 5.74) is 0.645. The molecule has 0 spiro atoms. The highest BCUT2D eigenvalue weighted by Crippen LogP contribution is 2.23. The van der Waals surface area contributed by atoms with E-state index in [2.05, 4.69) is 0 Å². The molecule has 0 saturated heterocycles. The smallest absolute Gasteiger partial charge is 0.104 e. The summed E-state index contributed by atoms with van der Waals surface area (Å²) in [7, 11) is 0. The average Bonchev–Trinajstić information content (AvgIpc) is 1.95. The molecular formula is C8H8FN. The van der Waals surface area contributed by atoms with Gasteiger partial charge in [-0.1, -0.05) is 12.2 Å². The lowest BCUT2D eigenvalue weighted by molar-refractivity contribution is 0.549. The Hall–Kier alpha value is -1.10. The molecular weight excluding hydrogens is 129 g/mol. The van der Waals surface area contributed by atoms with E-state index < -0.39 is 0 Å². The van der Waals surface area contributed by atoms with Crippen molar-refractivity contribution in [1.82, 2.24) is 0 Å². The van der Waals surface area contributed by atoms with Crippen molar-refractivity contribution in [3.05, 3.63) is 23.6 Å². The van der Waals surface area contributed by atoms with E-state index in [1.807, 2.05) is 6.07 Å². The normalized spacial score (nSPS) is 24.7. The molecule has 2 heteroatoms. The Bertz CT molecular complexity index is 232. The second-order valence-corrected chi connectivity index (χ2v) is 2.39. The largest absolute Gasteiger partial charge is 0.211 e. The van der Waals surface area contributed by atoms with Gasteiger partial charge in [-0.05, 0) is 12.5 Å². The van der Waals surface area contributed by atoms with Gasteiger partial charge in [0.1, 0.15) is 5.83 Å². The molecule has 0 fully saturated rings. The minimum absolute atomic E-state index is 0.158. The zero-order chi connectivity index (χ0) is 7.56. The van der Waals surface area contributed by atoms with Crippen molar-refractivity contribution in [2.75, 3.05) is 0 Å². The summed E-state index contributed by atoms with van der Waals surface area (Å²) in [6.07, 6.45) is 3.64. The first-order valence-corrected chi connectivity index (χ1v) is 3.17. The molecule has 1 aliphatic carbocycles. The van der Waals surface area contributed by atoms with Crippen molar-refractivity contribution in [2.45, 2.75) is 13.3 Å². The van der Waals surface area contributed by atoms with Crippen molar-refractivity contribution in [1.29, 1.82) is 5.26 Å². The van der Waals surface area contributed by atoms with Gasteiger partial charge in [-0.25, -0.2) is 4.39 Å². The number of hydrogen-bond acceptors (Lipinski definition) is 1. The van der Waals surface area contributed by atoms with E-state index in [-0.39, 0.29) is 18.2 Å². The number of hydrogen-bond donors (Lipinski definition) is 0. The highest BCUT2D eigenvalue weighted by Gasteiger charge is 2.12. The van der Waals surface area contributed by atoms with Crippen molar-refractivity contribution in [2.24, 2.45) is 5.92 Å². The van der Waals surface area contributed by atoms with Gasteiger partial charge < -0.3 is 0 Å². The van der Waals surface area contributed by atoms with Crippen LogP contribution in [-0.4, -0.2) is 0 Å². The molecule has 1 atom stereocenters. The van der Waals surface area contributed by atoms with Gasteiger partial charge in [-0.15, -0.1) is 0 Å². The van der Waals surface area contributed by atoms with E-state index in [1.165, 1.54) is 0 Å². The Morgan fingerprint density at radius 1 is 1.80 bits per heavy atom. The van der Waals surface area contributed by atoms with Gasteiger partial charge in [0.05, 0.1) is 12.0 Å². The predicted molar refractivity (Wildman–Crippen MR) is 36.7 cm³/mol. The van der Waals surface area contributed by atoms with E-state index in [0.29, 0.717) is 5.57 Å². The van der Waals surface area contributed by atoms with E-state index in [9.17, 15) is 4.39 Å². The molecule has 1 unspecified atom stereocenters. The van der Waals surface area contributed by atoms with Gasteiger partial charge in [-0.3, -0.25) is 0 Å². The summed E-state index contributed by atoms with van der Waals surface area (Å²) < 4.78 is 12.7. The lowest BCUT2D eigenvalue weighted by atomic mass is 9.98.